The molecule has 3 N–H and O–H groups in total. The topological polar surface area (TPSA) is 63.9 Å². The van der Waals surface area contributed by atoms with E-state index in [2.05, 4.69) is 0 Å². The number of aryl methyl sites for hydroxylation is 3. The number of halogens is 3. The van der Waals surface area contributed by atoms with E-state index >= 15 is 0 Å². The summed E-state index contributed by atoms with van der Waals surface area (Å²) in [5.41, 5.74) is 3.94. The van der Waals surface area contributed by atoms with E-state index in [9.17, 15) is 15.3 Å². The lowest BCUT2D eigenvalue weighted by Gasteiger charge is -2.25. The Balaban J connectivity index is 2.02. The van der Waals surface area contributed by atoms with Crippen LogP contribution in [0.1, 0.15) is 33.4 Å². The van der Waals surface area contributed by atoms with Gasteiger partial charge in [-0.1, -0.05) is 34.8 Å². The maximum absolute atomic E-state index is 10.6. The fourth-order valence-electron chi connectivity index (χ4n) is 3.67. The van der Waals surface area contributed by atoms with E-state index in [0.29, 0.717) is 68.1 Å². The minimum absolute atomic E-state index is 0.160. The van der Waals surface area contributed by atoms with Crippen LogP contribution in [0.2, 0.25) is 15.1 Å². The quantitative estimate of drug-likeness (QED) is 0.359. The molecule has 0 radical (unpaired) electrons. The second-order valence-electron chi connectivity index (χ2n) is 7.84. The van der Waals surface area contributed by atoms with Crippen LogP contribution in [-0.2, 0) is 19.6 Å². The highest BCUT2D eigenvalue weighted by atomic mass is 35.5. The van der Waals surface area contributed by atoms with E-state index in [1.54, 1.807) is 57.2 Å². The lowest BCUT2D eigenvalue weighted by molar-refractivity contribution is 0.237. The van der Waals surface area contributed by atoms with Crippen LogP contribution in [0.5, 0.6) is 17.2 Å². The highest BCUT2D eigenvalue weighted by molar-refractivity contribution is 6.31. The van der Waals surface area contributed by atoms with E-state index in [-0.39, 0.29) is 17.2 Å². The van der Waals surface area contributed by atoms with Gasteiger partial charge in [-0.25, -0.2) is 0 Å². The number of aromatic hydroxyl groups is 3. The van der Waals surface area contributed by atoms with Crippen LogP contribution in [0.15, 0.2) is 36.4 Å². The average Bonchev–Trinajstić information content (AvgIpc) is 2.67. The number of hydrogen-bond donors (Lipinski definition) is 3. The second-order valence-corrected chi connectivity index (χ2v) is 9.15. The Morgan fingerprint density at radius 1 is 0.548 bits per heavy atom. The van der Waals surface area contributed by atoms with E-state index in [0.717, 1.165) is 0 Å². The summed E-state index contributed by atoms with van der Waals surface area (Å²) in [6.45, 7) is 6.32. The first kappa shape index (κ1) is 23.6. The molecule has 0 spiro atoms. The highest BCUT2D eigenvalue weighted by Crippen LogP contribution is 2.33. The summed E-state index contributed by atoms with van der Waals surface area (Å²) < 4.78 is 0. The van der Waals surface area contributed by atoms with Gasteiger partial charge in [-0.15, -0.1) is 0 Å². The monoisotopic (exact) mass is 479 g/mol. The Kier molecular flexibility index (Phi) is 7.28. The van der Waals surface area contributed by atoms with Gasteiger partial charge in [0.15, 0.2) is 0 Å². The molecule has 0 aliphatic heterocycles. The summed E-state index contributed by atoms with van der Waals surface area (Å²) in [5, 5.41) is 33.3. The molecule has 0 atom stereocenters. The SMILES string of the molecule is Cc1cc(Cl)cc(CN(Cc2cc(Cl)cc(C)c2O)Cc2cc(Cl)cc(C)c2O)c1O. The van der Waals surface area contributed by atoms with E-state index in [4.69, 9.17) is 34.8 Å². The summed E-state index contributed by atoms with van der Waals surface area (Å²) in [6, 6.07) is 10.2. The van der Waals surface area contributed by atoms with Crippen LogP contribution < -0.4 is 0 Å². The van der Waals surface area contributed by atoms with Crippen molar-refractivity contribution in [1.82, 2.24) is 4.90 Å². The zero-order chi connectivity index (χ0) is 22.9. The molecule has 0 saturated heterocycles. The van der Waals surface area contributed by atoms with Crippen LogP contribution in [-0.4, -0.2) is 20.2 Å². The maximum Gasteiger partial charge on any atom is 0.123 e. The molecule has 31 heavy (non-hydrogen) atoms. The van der Waals surface area contributed by atoms with Crippen molar-refractivity contribution < 1.29 is 15.3 Å². The molecule has 0 amide bonds. The van der Waals surface area contributed by atoms with Crippen molar-refractivity contribution in [2.24, 2.45) is 0 Å². The Bertz CT molecular complexity index is 990. The van der Waals surface area contributed by atoms with Crippen LogP contribution >= 0.6 is 34.8 Å². The first-order valence-corrected chi connectivity index (χ1v) is 10.8. The van der Waals surface area contributed by atoms with Gasteiger partial charge >= 0.3 is 0 Å². The maximum atomic E-state index is 10.6. The molecule has 0 aliphatic rings. The fourth-order valence-corrected chi connectivity index (χ4v) is 4.55. The molecule has 3 aromatic carbocycles. The summed E-state index contributed by atoms with van der Waals surface area (Å²) in [7, 11) is 0. The van der Waals surface area contributed by atoms with Gasteiger partial charge in [0.25, 0.3) is 0 Å². The Hall–Kier alpha value is -2.11. The van der Waals surface area contributed by atoms with Gasteiger partial charge < -0.3 is 15.3 Å². The molecule has 0 saturated carbocycles. The first-order chi connectivity index (χ1) is 14.5. The van der Waals surface area contributed by atoms with Gasteiger partial charge in [-0.05, 0) is 73.9 Å². The summed E-state index contributed by atoms with van der Waals surface area (Å²) in [5.74, 6) is 0.479. The second kappa shape index (κ2) is 9.58. The van der Waals surface area contributed by atoms with Crippen molar-refractivity contribution in [2.45, 2.75) is 40.4 Å². The van der Waals surface area contributed by atoms with Crippen LogP contribution in [0, 0.1) is 20.8 Å². The lowest BCUT2D eigenvalue weighted by atomic mass is 10.0. The molecule has 3 aromatic rings. The summed E-state index contributed by atoms with van der Waals surface area (Å²) in [4.78, 5) is 1.97. The van der Waals surface area contributed by atoms with E-state index in [1.807, 2.05) is 4.90 Å². The molecule has 0 unspecified atom stereocenters. The third kappa shape index (κ3) is 5.58. The number of benzene rings is 3. The van der Waals surface area contributed by atoms with Crippen molar-refractivity contribution in [1.29, 1.82) is 0 Å². The largest absolute Gasteiger partial charge is 0.507 e. The van der Waals surface area contributed by atoms with Crippen molar-refractivity contribution in [3.63, 3.8) is 0 Å². The molecular weight excluding hydrogens is 457 g/mol. The first-order valence-electron chi connectivity index (χ1n) is 9.71. The number of hydrogen-bond acceptors (Lipinski definition) is 4. The predicted molar refractivity (Wildman–Crippen MR) is 127 cm³/mol. The minimum atomic E-state index is 0.160. The lowest BCUT2D eigenvalue weighted by Crippen LogP contribution is -2.23. The fraction of sp³-hybridized carbons (Fsp3) is 0.250. The smallest absolute Gasteiger partial charge is 0.123 e. The highest BCUT2D eigenvalue weighted by Gasteiger charge is 2.18. The van der Waals surface area contributed by atoms with Gasteiger partial charge in [0.1, 0.15) is 17.2 Å². The molecule has 3 rings (SSSR count). The number of phenolic OH excluding ortho intramolecular Hbond substituents is 3. The van der Waals surface area contributed by atoms with Crippen LogP contribution in [0.4, 0.5) is 0 Å². The molecule has 4 nitrogen and oxygen atoms in total. The Labute approximate surface area is 197 Å². The molecule has 0 aromatic heterocycles. The molecule has 7 heteroatoms. The zero-order valence-corrected chi connectivity index (χ0v) is 19.8. The van der Waals surface area contributed by atoms with Gasteiger partial charge in [-0.2, -0.15) is 0 Å². The third-order valence-electron chi connectivity index (χ3n) is 5.21. The van der Waals surface area contributed by atoms with E-state index < -0.39 is 0 Å². The van der Waals surface area contributed by atoms with Gasteiger partial charge in [0.05, 0.1) is 0 Å². The molecule has 0 heterocycles. The molecule has 0 bridgehead atoms. The van der Waals surface area contributed by atoms with E-state index in [1.165, 1.54) is 0 Å². The summed E-state index contributed by atoms with van der Waals surface area (Å²) >= 11 is 18.6. The molecular formula is C24H24Cl3NO3. The number of rotatable bonds is 6. The standard InChI is InChI=1S/C24H24Cl3NO3/c1-13-4-19(25)7-16(22(13)29)10-28(11-17-8-20(26)5-14(2)23(17)30)12-18-9-21(27)6-15(3)24(18)31/h4-9,29-31H,10-12H2,1-3H3. The van der Waals surface area contributed by atoms with Crippen LogP contribution in [0.3, 0.4) is 0 Å². The van der Waals surface area contributed by atoms with Gasteiger partial charge in [0.2, 0.25) is 0 Å². The normalized spacial score (nSPS) is 11.3. The zero-order valence-electron chi connectivity index (χ0n) is 17.5. The molecule has 0 fully saturated rings. The van der Waals surface area contributed by atoms with Crippen LogP contribution in [0.25, 0.3) is 0 Å². The Morgan fingerprint density at radius 2 is 0.806 bits per heavy atom. The van der Waals surface area contributed by atoms with Crippen molar-refractivity contribution >= 4 is 34.8 Å². The third-order valence-corrected chi connectivity index (χ3v) is 5.87. The Morgan fingerprint density at radius 3 is 1.06 bits per heavy atom. The van der Waals surface area contributed by atoms with Gasteiger partial charge in [0, 0.05) is 51.4 Å². The summed E-state index contributed by atoms with van der Waals surface area (Å²) in [6.07, 6.45) is 0. The molecule has 164 valence electrons. The number of phenols is 3. The predicted octanol–water partition coefficient (Wildman–Crippen LogP) is 6.89. The van der Waals surface area contributed by atoms with Crippen molar-refractivity contribution in [2.75, 3.05) is 0 Å². The molecule has 0 aliphatic carbocycles. The number of nitrogens with zero attached hydrogens (tertiary/aromatic N) is 1. The van der Waals surface area contributed by atoms with Gasteiger partial charge in [-0.3, -0.25) is 4.90 Å². The van der Waals surface area contributed by atoms with Crippen molar-refractivity contribution in [3.8, 4) is 17.2 Å². The van der Waals surface area contributed by atoms with Crippen molar-refractivity contribution in [3.05, 3.63) is 84.8 Å². The minimum Gasteiger partial charge on any atom is -0.507 e. The average molecular weight is 481 g/mol.